The summed E-state index contributed by atoms with van der Waals surface area (Å²) in [6.45, 7) is 8.15. The molecule has 0 amide bonds. The van der Waals surface area contributed by atoms with Crippen LogP contribution >= 0.6 is 0 Å². The van der Waals surface area contributed by atoms with Crippen LogP contribution in [0.2, 0.25) is 0 Å². The van der Waals surface area contributed by atoms with Crippen molar-refractivity contribution in [2.45, 2.75) is 42.5 Å². The second kappa shape index (κ2) is 12.0. The minimum Gasteiger partial charge on any atom is -0.0871 e. The van der Waals surface area contributed by atoms with Gasteiger partial charge in [0.05, 0.1) is 0 Å². The fourth-order valence-electron chi connectivity index (χ4n) is 0.953. The predicted octanol–water partition coefficient (Wildman–Crippen LogP) is 5.33. The normalized spacial score (nSPS) is 8.00. The lowest BCUT2D eigenvalue weighted by atomic mass is 10.1. The van der Waals surface area contributed by atoms with Crippen molar-refractivity contribution in [2.24, 2.45) is 0 Å². The van der Waals surface area contributed by atoms with E-state index in [1.165, 1.54) is 11.1 Å². The SMILES string of the molecule is C.C.C/C=C\c1ccccc1C.CC. The second-order valence-corrected chi connectivity index (χ2v) is 2.36. The van der Waals surface area contributed by atoms with Gasteiger partial charge in [-0.05, 0) is 25.0 Å². The van der Waals surface area contributed by atoms with Crippen molar-refractivity contribution in [3.63, 3.8) is 0 Å². The Bertz CT molecular complexity index is 234. The Labute approximate surface area is 90.7 Å². The smallest absolute Gasteiger partial charge is 0.0231 e. The molecule has 0 radical (unpaired) electrons. The summed E-state index contributed by atoms with van der Waals surface area (Å²) in [5.74, 6) is 0. The summed E-state index contributed by atoms with van der Waals surface area (Å²) in [6.07, 6.45) is 4.18. The van der Waals surface area contributed by atoms with Crippen LogP contribution < -0.4 is 0 Å². The lowest BCUT2D eigenvalue weighted by molar-refractivity contribution is 1.44. The summed E-state index contributed by atoms with van der Waals surface area (Å²) < 4.78 is 0. The Balaban J connectivity index is -0.000000284. The van der Waals surface area contributed by atoms with E-state index in [1.54, 1.807) is 0 Å². The van der Waals surface area contributed by atoms with E-state index in [0.717, 1.165) is 0 Å². The monoisotopic (exact) mass is 194 g/mol. The van der Waals surface area contributed by atoms with Crippen molar-refractivity contribution in [2.75, 3.05) is 0 Å². The maximum atomic E-state index is 2.12. The zero-order valence-corrected chi connectivity index (χ0v) is 8.46. The highest BCUT2D eigenvalue weighted by atomic mass is 13.9. The van der Waals surface area contributed by atoms with Gasteiger partial charge in [-0.1, -0.05) is 65.1 Å². The molecule has 0 saturated heterocycles. The molecule has 0 unspecified atom stereocenters. The molecule has 0 nitrogen and oxygen atoms in total. The van der Waals surface area contributed by atoms with E-state index in [0.29, 0.717) is 0 Å². The Morgan fingerprint density at radius 3 is 1.93 bits per heavy atom. The van der Waals surface area contributed by atoms with Crippen LogP contribution in [0, 0.1) is 6.92 Å². The molecule has 82 valence electrons. The van der Waals surface area contributed by atoms with Gasteiger partial charge in [0.25, 0.3) is 0 Å². The molecule has 0 aliphatic rings. The first-order chi connectivity index (χ1) is 5.84. The maximum absolute atomic E-state index is 2.12. The summed E-state index contributed by atoms with van der Waals surface area (Å²) >= 11 is 0. The van der Waals surface area contributed by atoms with Gasteiger partial charge in [0.1, 0.15) is 0 Å². The third kappa shape index (κ3) is 6.47. The van der Waals surface area contributed by atoms with Crippen molar-refractivity contribution in [1.82, 2.24) is 0 Å². The largest absolute Gasteiger partial charge is 0.0871 e. The molecular formula is C14H26. The molecule has 0 bridgehead atoms. The highest BCUT2D eigenvalue weighted by Crippen LogP contribution is 2.07. The van der Waals surface area contributed by atoms with E-state index in [-0.39, 0.29) is 14.9 Å². The van der Waals surface area contributed by atoms with Gasteiger partial charge in [0.15, 0.2) is 0 Å². The van der Waals surface area contributed by atoms with Crippen LogP contribution in [0.1, 0.15) is 46.8 Å². The molecule has 0 spiro atoms. The van der Waals surface area contributed by atoms with Gasteiger partial charge < -0.3 is 0 Å². The summed E-state index contributed by atoms with van der Waals surface area (Å²) in [5.41, 5.74) is 2.64. The van der Waals surface area contributed by atoms with Crippen LogP contribution in [0.15, 0.2) is 30.3 Å². The first-order valence-electron chi connectivity index (χ1n) is 4.53. The van der Waals surface area contributed by atoms with Crippen molar-refractivity contribution >= 4 is 6.08 Å². The third-order valence-electron chi connectivity index (χ3n) is 1.53. The van der Waals surface area contributed by atoms with Gasteiger partial charge in [-0.15, -0.1) is 0 Å². The average Bonchev–Trinajstić information content (AvgIpc) is 2.13. The molecule has 1 rings (SSSR count). The number of rotatable bonds is 1. The van der Waals surface area contributed by atoms with Crippen LogP contribution in [0.25, 0.3) is 6.08 Å². The van der Waals surface area contributed by atoms with Gasteiger partial charge in [0, 0.05) is 0 Å². The van der Waals surface area contributed by atoms with Crippen molar-refractivity contribution < 1.29 is 0 Å². The molecule has 0 aliphatic heterocycles. The quantitative estimate of drug-likeness (QED) is 0.567. The van der Waals surface area contributed by atoms with E-state index >= 15 is 0 Å². The lowest BCUT2D eigenvalue weighted by Crippen LogP contribution is -1.76. The summed E-state index contributed by atoms with van der Waals surface area (Å²) in [6, 6.07) is 8.36. The molecule has 0 fully saturated rings. The summed E-state index contributed by atoms with van der Waals surface area (Å²) in [4.78, 5) is 0. The Morgan fingerprint density at radius 1 is 1.00 bits per heavy atom. The van der Waals surface area contributed by atoms with Crippen LogP contribution in [-0.2, 0) is 0 Å². The number of hydrogen-bond donors (Lipinski definition) is 0. The topological polar surface area (TPSA) is 0 Å². The van der Waals surface area contributed by atoms with Gasteiger partial charge >= 0.3 is 0 Å². The molecule has 0 heterocycles. The minimum atomic E-state index is 0. The number of hydrogen-bond acceptors (Lipinski definition) is 0. The van der Waals surface area contributed by atoms with Crippen LogP contribution in [0.4, 0.5) is 0 Å². The van der Waals surface area contributed by atoms with E-state index in [4.69, 9.17) is 0 Å². The zero-order chi connectivity index (χ0) is 9.40. The Kier molecular flexibility index (Phi) is 16.0. The fraction of sp³-hybridized carbons (Fsp3) is 0.429. The van der Waals surface area contributed by atoms with Crippen LogP contribution in [0.3, 0.4) is 0 Å². The first kappa shape index (κ1) is 18.7. The number of aryl methyl sites for hydroxylation is 1. The standard InChI is InChI=1S/C10H12.C2H6.2CH4/c1-3-6-10-8-5-4-7-9(10)2;1-2;;/h3-8H,1-2H3;1-2H3;2*1H4/b6-3-;;;. The molecule has 14 heavy (non-hydrogen) atoms. The van der Waals surface area contributed by atoms with Gasteiger partial charge in [-0.25, -0.2) is 0 Å². The second-order valence-electron chi connectivity index (χ2n) is 2.36. The van der Waals surface area contributed by atoms with Crippen molar-refractivity contribution in [3.8, 4) is 0 Å². The average molecular weight is 194 g/mol. The van der Waals surface area contributed by atoms with E-state index in [1.807, 2.05) is 20.8 Å². The molecule has 0 atom stereocenters. The fourth-order valence-corrected chi connectivity index (χ4v) is 0.953. The maximum Gasteiger partial charge on any atom is -0.0231 e. The molecule has 0 N–H and O–H groups in total. The highest BCUT2D eigenvalue weighted by molar-refractivity contribution is 5.52. The van der Waals surface area contributed by atoms with Crippen LogP contribution in [0.5, 0.6) is 0 Å². The molecule has 0 saturated carbocycles. The van der Waals surface area contributed by atoms with E-state index in [9.17, 15) is 0 Å². The van der Waals surface area contributed by atoms with Gasteiger partial charge in [-0.3, -0.25) is 0 Å². The van der Waals surface area contributed by atoms with Gasteiger partial charge in [0.2, 0.25) is 0 Å². The highest BCUT2D eigenvalue weighted by Gasteiger charge is 1.87. The number of benzene rings is 1. The summed E-state index contributed by atoms with van der Waals surface area (Å²) in [7, 11) is 0. The molecular weight excluding hydrogens is 168 g/mol. The predicted molar refractivity (Wildman–Crippen MR) is 70.7 cm³/mol. The van der Waals surface area contributed by atoms with Crippen molar-refractivity contribution in [3.05, 3.63) is 41.5 Å². The minimum absolute atomic E-state index is 0. The van der Waals surface area contributed by atoms with Gasteiger partial charge in [-0.2, -0.15) is 0 Å². The molecule has 0 heteroatoms. The molecule has 0 aliphatic carbocycles. The van der Waals surface area contributed by atoms with E-state index in [2.05, 4.69) is 43.3 Å². The zero-order valence-electron chi connectivity index (χ0n) is 8.46. The molecule has 1 aromatic rings. The Morgan fingerprint density at radius 2 is 1.50 bits per heavy atom. The lowest BCUT2D eigenvalue weighted by Gasteiger charge is -1.96. The van der Waals surface area contributed by atoms with E-state index < -0.39 is 0 Å². The molecule has 1 aromatic carbocycles. The van der Waals surface area contributed by atoms with Crippen LogP contribution in [-0.4, -0.2) is 0 Å². The Hall–Kier alpha value is -1.04. The summed E-state index contributed by atoms with van der Waals surface area (Å²) in [5, 5.41) is 0. The molecule has 0 aromatic heterocycles. The number of allylic oxidation sites excluding steroid dienone is 1. The first-order valence-corrected chi connectivity index (χ1v) is 4.53. The van der Waals surface area contributed by atoms with Crippen molar-refractivity contribution in [1.29, 1.82) is 0 Å². The third-order valence-corrected chi connectivity index (χ3v) is 1.53.